The van der Waals surface area contributed by atoms with Gasteiger partial charge < -0.3 is 0 Å². The van der Waals surface area contributed by atoms with Crippen LogP contribution in [0.2, 0.25) is 5.76 Å². The van der Waals surface area contributed by atoms with Gasteiger partial charge in [-0.25, -0.2) is 0 Å². The molecule has 0 nitrogen and oxygen atoms in total. The Bertz CT molecular complexity index is 267. The molecular formula is C7H8Cl2GeZr. The molecule has 0 aliphatic heterocycles. The van der Waals surface area contributed by atoms with Crippen LogP contribution < -0.4 is 4.40 Å². The zero-order valence-corrected chi connectivity index (χ0v) is 12.2. The number of rotatable bonds is 1. The summed E-state index contributed by atoms with van der Waals surface area (Å²) in [4.78, 5) is 0. The van der Waals surface area contributed by atoms with Gasteiger partial charge in [0.15, 0.2) is 0 Å². The van der Waals surface area contributed by atoms with Crippen molar-refractivity contribution in [2.45, 2.75) is 5.76 Å². The molecule has 0 spiro atoms. The van der Waals surface area contributed by atoms with Crippen molar-refractivity contribution in [3.05, 3.63) is 30.3 Å². The van der Waals surface area contributed by atoms with E-state index in [2.05, 4.69) is 30.0 Å². The second kappa shape index (κ2) is 5.06. The number of hydrogen-bond donors (Lipinski definition) is 0. The van der Waals surface area contributed by atoms with Crippen molar-refractivity contribution < 1.29 is 16.2 Å². The second-order valence-electron chi connectivity index (χ2n) is 2.25. The first-order valence-corrected chi connectivity index (χ1v) is 20.2. The van der Waals surface area contributed by atoms with Gasteiger partial charge in [-0.05, 0) is 0 Å². The molecule has 0 N–H and O–H groups in total. The molecular weight excluding hydrogens is 319 g/mol. The summed E-state index contributed by atoms with van der Waals surface area (Å²) >= 11 is -1.89. The summed E-state index contributed by atoms with van der Waals surface area (Å²) in [5, 5.41) is 0. The Morgan fingerprint density at radius 2 is 1.73 bits per heavy atom. The van der Waals surface area contributed by atoms with Gasteiger partial charge in [0.05, 0.1) is 0 Å². The molecule has 0 radical (unpaired) electrons. The van der Waals surface area contributed by atoms with Crippen molar-refractivity contribution in [2.24, 2.45) is 0 Å². The van der Waals surface area contributed by atoms with Crippen molar-refractivity contribution in [3.8, 4) is 0 Å². The van der Waals surface area contributed by atoms with Crippen molar-refractivity contribution >= 4 is 31.4 Å². The summed E-state index contributed by atoms with van der Waals surface area (Å²) in [5.41, 5.74) is 0. The first kappa shape index (κ1) is 10.3. The van der Waals surface area contributed by atoms with E-state index in [4.69, 9.17) is 17.0 Å². The van der Waals surface area contributed by atoms with E-state index in [0.29, 0.717) is 0 Å². The zero-order valence-electron chi connectivity index (χ0n) is 6.14. The standard InChI is InChI=1S/C7H8Ge.2ClH.Zr/c1-8-7-5-3-2-4-6-7;;;/h2-6H,1H3;2*1H;/q;;;+2/p-2. The molecule has 0 heterocycles. The molecule has 0 fully saturated rings. The molecule has 0 saturated carbocycles. The number of hydrogen-bond acceptors (Lipinski definition) is 0. The molecule has 1 aromatic rings. The molecule has 1 aromatic carbocycles. The third kappa shape index (κ3) is 3.22. The third-order valence-electron chi connectivity index (χ3n) is 1.49. The second-order valence-corrected chi connectivity index (χ2v) is 36.6. The zero-order chi connectivity index (χ0) is 8.27. The Kier molecular flexibility index (Phi) is 4.74. The van der Waals surface area contributed by atoms with Crippen molar-refractivity contribution in [1.29, 1.82) is 0 Å². The molecule has 0 bridgehead atoms. The van der Waals surface area contributed by atoms with Crippen molar-refractivity contribution in [3.63, 3.8) is 0 Å². The molecule has 0 aromatic heterocycles. The van der Waals surface area contributed by atoms with Crippen LogP contribution in [0.3, 0.4) is 0 Å². The van der Waals surface area contributed by atoms with Crippen LogP contribution in [0.4, 0.5) is 0 Å². The van der Waals surface area contributed by atoms with Crippen LogP contribution in [0, 0.1) is 0 Å². The Morgan fingerprint density at radius 3 is 2.18 bits per heavy atom. The molecule has 0 unspecified atom stereocenters. The Hall–Kier alpha value is 1.23. The molecule has 58 valence electrons. The first-order chi connectivity index (χ1) is 5.22. The Morgan fingerprint density at radius 1 is 1.18 bits per heavy atom. The molecule has 0 amide bonds. The molecule has 1 rings (SSSR count). The normalized spacial score (nSPS) is 9.36. The van der Waals surface area contributed by atoms with Gasteiger partial charge in [-0.15, -0.1) is 0 Å². The molecule has 0 aliphatic carbocycles. The fraction of sp³-hybridized carbons (Fsp3) is 0.143. The van der Waals surface area contributed by atoms with Crippen LogP contribution >= 0.6 is 17.0 Å². The van der Waals surface area contributed by atoms with Gasteiger partial charge >= 0.3 is 83.7 Å². The maximum atomic E-state index is 6.00. The van der Waals surface area contributed by atoms with Crippen molar-refractivity contribution in [1.82, 2.24) is 0 Å². The minimum absolute atomic E-state index is 1.17. The Balaban J connectivity index is 3.04. The van der Waals surface area contributed by atoms with E-state index in [9.17, 15) is 0 Å². The molecule has 4 heteroatoms. The van der Waals surface area contributed by atoms with Gasteiger partial charge in [0.1, 0.15) is 0 Å². The van der Waals surface area contributed by atoms with E-state index in [0.717, 1.165) is 0 Å². The average molecular weight is 327 g/mol. The van der Waals surface area contributed by atoms with E-state index >= 15 is 0 Å². The summed E-state index contributed by atoms with van der Waals surface area (Å²) in [6.45, 7) is 0. The van der Waals surface area contributed by atoms with Gasteiger partial charge in [-0.3, -0.25) is 0 Å². The van der Waals surface area contributed by atoms with E-state index in [1.54, 1.807) is 0 Å². The van der Waals surface area contributed by atoms with Crippen LogP contribution in [0.25, 0.3) is 0 Å². The van der Waals surface area contributed by atoms with Crippen LogP contribution in [0.1, 0.15) is 0 Å². The van der Waals surface area contributed by atoms with Crippen molar-refractivity contribution in [2.75, 3.05) is 0 Å². The maximum absolute atomic E-state index is 6.00. The van der Waals surface area contributed by atoms with Crippen LogP contribution in [-0.2, 0) is 16.2 Å². The summed E-state index contributed by atoms with van der Waals surface area (Å²) in [5.74, 6) is 2.27. The topological polar surface area (TPSA) is 0 Å². The summed E-state index contributed by atoms with van der Waals surface area (Å²) in [7, 11) is 10.8. The molecule has 0 aliphatic rings. The fourth-order valence-electron chi connectivity index (χ4n) is 0.797. The monoisotopic (exact) mass is 326 g/mol. The summed E-state index contributed by atoms with van der Waals surface area (Å²) in [6, 6.07) is 10.5. The number of benzene rings is 1. The van der Waals surface area contributed by atoms with E-state index in [-0.39, 0.29) is 0 Å². The molecule has 0 saturated heterocycles. The number of halogens is 2. The molecule has 0 atom stereocenters. The summed E-state index contributed by atoms with van der Waals surface area (Å²) in [6.07, 6.45) is 0. The van der Waals surface area contributed by atoms with Gasteiger partial charge in [0.25, 0.3) is 0 Å². The van der Waals surface area contributed by atoms with E-state index < -0.39 is 26.2 Å². The predicted octanol–water partition coefficient (Wildman–Crippen LogP) is 2.44. The molecule has 11 heavy (non-hydrogen) atoms. The van der Waals surface area contributed by atoms with E-state index in [1.165, 1.54) is 4.40 Å². The van der Waals surface area contributed by atoms with Gasteiger partial charge in [0.2, 0.25) is 0 Å². The fourth-order valence-corrected chi connectivity index (χ4v) is 14.3. The average Bonchev–Trinajstić information content (AvgIpc) is 2.05. The summed E-state index contributed by atoms with van der Waals surface area (Å²) < 4.78 is 1.44. The van der Waals surface area contributed by atoms with E-state index in [1.807, 2.05) is 6.07 Å². The SMILES string of the molecule is [CH3][Ge]([c]1ccccc1)=[Zr]([Cl])[Cl]. The van der Waals surface area contributed by atoms with Crippen LogP contribution in [0.15, 0.2) is 30.3 Å². The Labute approximate surface area is 82.7 Å². The van der Waals surface area contributed by atoms with Crippen LogP contribution in [0.5, 0.6) is 0 Å². The quantitative estimate of drug-likeness (QED) is 0.695. The third-order valence-corrected chi connectivity index (χ3v) is 33.6. The minimum atomic E-state index is -1.89. The first-order valence-electron chi connectivity index (χ1n) is 3.29. The van der Waals surface area contributed by atoms with Gasteiger partial charge in [0, 0.05) is 0 Å². The predicted molar refractivity (Wildman–Crippen MR) is 49.4 cm³/mol. The van der Waals surface area contributed by atoms with Gasteiger partial charge in [-0.1, -0.05) is 0 Å². The van der Waals surface area contributed by atoms with Crippen LogP contribution in [-0.4, -0.2) is 9.98 Å². The van der Waals surface area contributed by atoms with Gasteiger partial charge in [-0.2, -0.15) is 0 Å².